The quantitative estimate of drug-likeness (QED) is 0.738. The van der Waals surface area contributed by atoms with Crippen LogP contribution in [0, 0.1) is 0 Å². The zero-order chi connectivity index (χ0) is 17.6. The van der Waals surface area contributed by atoms with Crippen molar-refractivity contribution in [3.63, 3.8) is 0 Å². The van der Waals surface area contributed by atoms with Gasteiger partial charge >= 0.3 is 0 Å². The van der Waals surface area contributed by atoms with Gasteiger partial charge in [0.1, 0.15) is 12.4 Å². The molecule has 3 nitrogen and oxygen atoms in total. The summed E-state index contributed by atoms with van der Waals surface area (Å²) < 4.78 is 18.0. The molecule has 1 saturated heterocycles. The number of allylic oxidation sites excluding steroid dienone is 5. The van der Waals surface area contributed by atoms with Gasteiger partial charge in [0.05, 0.1) is 19.0 Å². The van der Waals surface area contributed by atoms with E-state index < -0.39 is 0 Å². The van der Waals surface area contributed by atoms with Crippen LogP contribution in [-0.4, -0.2) is 18.8 Å². The van der Waals surface area contributed by atoms with Crippen molar-refractivity contribution in [2.45, 2.75) is 37.9 Å². The van der Waals surface area contributed by atoms with E-state index >= 15 is 0 Å². The zero-order valence-corrected chi connectivity index (χ0v) is 15.3. The van der Waals surface area contributed by atoms with Gasteiger partial charge in [0.25, 0.3) is 0 Å². The molecule has 1 spiro atoms. The van der Waals surface area contributed by atoms with E-state index in [-0.39, 0.29) is 5.60 Å². The summed E-state index contributed by atoms with van der Waals surface area (Å²) in [5.41, 5.74) is 4.82. The predicted octanol–water partition coefficient (Wildman–Crippen LogP) is 5.15. The third-order valence-electron chi connectivity index (χ3n) is 5.55. The van der Waals surface area contributed by atoms with E-state index in [2.05, 4.69) is 18.2 Å². The van der Waals surface area contributed by atoms with Crippen LogP contribution in [0.1, 0.15) is 31.2 Å². The summed E-state index contributed by atoms with van der Waals surface area (Å²) in [5.74, 6) is 1.99. The van der Waals surface area contributed by atoms with Crippen molar-refractivity contribution >= 4 is 11.6 Å². The van der Waals surface area contributed by atoms with E-state index in [1.54, 1.807) is 0 Å². The number of benzene rings is 1. The van der Waals surface area contributed by atoms with Crippen LogP contribution in [0.25, 0.3) is 0 Å². The van der Waals surface area contributed by atoms with Crippen molar-refractivity contribution in [2.24, 2.45) is 0 Å². The highest BCUT2D eigenvalue weighted by Crippen LogP contribution is 2.49. The van der Waals surface area contributed by atoms with Crippen LogP contribution in [0.15, 0.2) is 75.8 Å². The number of ether oxygens (including phenoxy) is 3. The van der Waals surface area contributed by atoms with Crippen LogP contribution < -0.4 is 0 Å². The number of fused-ring (bicyclic) bond motifs is 2. The number of hydrogen-bond donors (Lipinski definition) is 0. The van der Waals surface area contributed by atoms with Gasteiger partial charge in [-0.2, -0.15) is 0 Å². The predicted molar refractivity (Wildman–Crippen MR) is 100 cm³/mol. The number of rotatable bonds is 3. The zero-order valence-electron chi connectivity index (χ0n) is 14.6. The lowest BCUT2D eigenvalue weighted by atomic mass is 9.76. The summed E-state index contributed by atoms with van der Waals surface area (Å²) in [6.45, 7) is 1.79. The van der Waals surface area contributed by atoms with Gasteiger partial charge in [0.15, 0.2) is 5.60 Å². The minimum absolute atomic E-state index is 0.360. The molecule has 4 heteroatoms. The van der Waals surface area contributed by atoms with Gasteiger partial charge in [-0.1, -0.05) is 41.9 Å². The van der Waals surface area contributed by atoms with E-state index in [0.717, 1.165) is 42.2 Å². The Morgan fingerprint density at radius 2 is 1.77 bits per heavy atom. The second kappa shape index (κ2) is 6.33. The van der Waals surface area contributed by atoms with E-state index in [0.29, 0.717) is 19.8 Å². The summed E-state index contributed by atoms with van der Waals surface area (Å²) in [6.07, 6.45) is 7.96. The van der Waals surface area contributed by atoms with Crippen molar-refractivity contribution in [3.05, 3.63) is 81.3 Å². The lowest BCUT2D eigenvalue weighted by molar-refractivity contribution is -0.166. The first-order valence-electron chi connectivity index (χ1n) is 9.21. The van der Waals surface area contributed by atoms with Crippen molar-refractivity contribution in [2.75, 3.05) is 13.2 Å². The van der Waals surface area contributed by atoms with Gasteiger partial charge in [-0.25, -0.2) is 0 Å². The molecule has 26 heavy (non-hydrogen) atoms. The average molecular weight is 369 g/mol. The van der Waals surface area contributed by atoms with Crippen molar-refractivity contribution in [1.29, 1.82) is 0 Å². The molecule has 5 rings (SSSR count). The molecule has 1 aromatic rings. The van der Waals surface area contributed by atoms with Gasteiger partial charge < -0.3 is 14.2 Å². The Kier molecular flexibility index (Phi) is 3.95. The largest absolute Gasteiger partial charge is 0.493 e. The fraction of sp³-hybridized carbons (Fsp3) is 0.364. The average Bonchev–Trinajstić information content (AvgIpc) is 2.64. The molecule has 2 aliphatic heterocycles. The van der Waals surface area contributed by atoms with Crippen LogP contribution in [0.5, 0.6) is 0 Å². The van der Waals surface area contributed by atoms with Crippen LogP contribution in [-0.2, 0) is 20.8 Å². The molecular weight excluding hydrogens is 348 g/mol. The SMILES string of the molecule is ClC1=CC2=C(CC1)C1=C(C=C(OCc3ccccc3)CC1)C1(COC1)O2. The van der Waals surface area contributed by atoms with Crippen LogP contribution in [0.2, 0.25) is 0 Å². The van der Waals surface area contributed by atoms with Crippen molar-refractivity contribution < 1.29 is 14.2 Å². The van der Waals surface area contributed by atoms with Gasteiger partial charge in [0.2, 0.25) is 0 Å². The fourth-order valence-electron chi connectivity index (χ4n) is 4.11. The smallest absolute Gasteiger partial charge is 0.181 e. The molecule has 0 atom stereocenters. The Labute approximate surface area is 158 Å². The normalized spacial score (nSPS) is 23.4. The van der Waals surface area contributed by atoms with Gasteiger partial charge in [0, 0.05) is 17.0 Å². The molecule has 134 valence electrons. The maximum Gasteiger partial charge on any atom is 0.181 e. The molecule has 0 aromatic heterocycles. The third kappa shape index (κ3) is 2.70. The first-order chi connectivity index (χ1) is 12.7. The summed E-state index contributed by atoms with van der Waals surface area (Å²) >= 11 is 6.26. The molecule has 0 amide bonds. The minimum Gasteiger partial charge on any atom is -0.493 e. The van der Waals surface area contributed by atoms with E-state index in [1.165, 1.54) is 22.3 Å². The first-order valence-corrected chi connectivity index (χ1v) is 9.59. The highest BCUT2D eigenvalue weighted by molar-refractivity contribution is 6.29. The molecular formula is C22H21ClO3. The summed E-state index contributed by atoms with van der Waals surface area (Å²) in [7, 11) is 0. The Morgan fingerprint density at radius 1 is 0.962 bits per heavy atom. The summed E-state index contributed by atoms with van der Waals surface area (Å²) in [5, 5.41) is 0.876. The first kappa shape index (κ1) is 16.2. The second-order valence-corrected chi connectivity index (χ2v) is 7.79. The van der Waals surface area contributed by atoms with E-state index in [4.69, 9.17) is 25.8 Å². The molecule has 0 N–H and O–H groups in total. The van der Waals surface area contributed by atoms with Crippen LogP contribution in [0.4, 0.5) is 0 Å². The second-order valence-electron chi connectivity index (χ2n) is 7.30. The monoisotopic (exact) mass is 368 g/mol. The van der Waals surface area contributed by atoms with Crippen LogP contribution in [0.3, 0.4) is 0 Å². The highest BCUT2D eigenvalue weighted by Gasteiger charge is 2.49. The number of hydrogen-bond acceptors (Lipinski definition) is 3. The maximum absolute atomic E-state index is 6.40. The highest BCUT2D eigenvalue weighted by atomic mass is 35.5. The molecule has 1 aromatic carbocycles. The Bertz CT molecular complexity index is 857. The van der Waals surface area contributed by atoms with Gasteiger partial charge in [-0.15, -0.1) is 0 Å². The molecule has 0 bridgehead atoms. The van der Waals surface area contributed by atoms with Crippen molar-refractivity contribution in [1.82, 2.24) is 0 Å². The van der Waals surface area contributed by atoms with Gasteiger partial charge in [-0.3, -0.25) is 0 Å². The van der Waals surface area contributed by atoms with E-state index in [9.17, 15) is 0 Å². The molecule has 1 fully saturated rings. The molecule has 2 heterocycles. The molecule has 4 aliphatic rings. The van der Waals surface area contributed by atoms with Crippen LogP contribution >= 0.6 is 11.6 Å². The molecule has 2 aliphatic carbocycles. The van der Waals surface area contributed by atoms with E-state index in [1.807, 2.05) is 24.3 Å². The van der Waals surface area contributed by atoms with Gasteiger partial charge in [-0.05, 0) is 48.1 Å². The molecule has 0 unspecified atom stereocenters. The maximum atomic E-state index is 6.40. The van der Waals surface area contributed by atoms with Crippen molar-refractivity contribution in [3.8, 4) is 0 Å². The number of halogens is 1. The Balaban J connectivity index is 1.45. The summed E-state index contributed by atoms with van der Waals surface area (Å²) in [6, 6.07) is 10.3. The Morgan fingerprint density at radius 3 is 2.54 bits per heavy atom. The lowest BCUT2D eigenvalue weighted by Crippen LogP contribution is -2.55. The summed E-state index contributed by atoms with van der Waals surface area (Å²) in [4.78, 5) is 0. The molecule has 0 radical (unpaired) electrons. The standard InChI is InChI=1S/C22H21ClO3/c23-16-6-8-19-18-9-7-17(25-12-15-4-2-1-3-5-15)11-20(18)22(13-24-14-22)26-21(19)10-16/h1-5,10-11H,6-9,12-14H2. The minimum atomic E-state index is -0.360. The third-order valence-corrected chi connectivity index (χ3v) is 5.85. The topological polar surface area (TPSA) is 27.7 Å². The molecule has 0 saturated carbocycles. The Hall–Kier alpha value is -1.97. The fourth-order valence-corrected chi connectivity index (χ4v) is 4.31. The lowest BCUT2D eigenvalue weighted by Gasteiger charge is -2.48.